The Balaban J connectivity index is 2.88. The standard InChI is InChI=1S/C7H10FN/c1-5-3-2-4-6(8)7(5)9/h3H,2,4,9H2,1H3. The second kappa shape index (κ2) is 2.21. The van der Waals surface area contributed by atoms with Crippen molar-refractivity contribution in [1.29, 1.82) is 0 Å². The van der Waals surface area contributed by atoms with Gasteiger partial charge in [0, 0.05) is 6.42 Å². The van der Waals surface area contributed by atoms with Crippen LogP contribution in [-0.4, -0.2) is 0 Å². The van der Waals surface area contributed by atoms with Crippen molar-refractivity contribution >= 4 is 0 Å². The highest BCUT2D eigenvalue weighted by Crippen LogP contribution is 2.21. The fourth-order valence-corrected chi connectivity index (χ4v) is 0.874. The minimum atomic E-state index is -0.157. The first-order chi connectivity index (χ1) is 4.22. The third-order valence-corrected chi connectivity index (χ3v) is 1.53. The molecule has 0 aromatic heterocycles. The molecule has 1 nitrogen and oxygen atoms in total. The van der Waals surface area contributed by atoms with Gasteiger partial charge in [0.05, 0.1) is 5.70 Å². The summed E-state index contributed by atoms with van der Waals surface area (Å²) in [6, 6.07) is 0. The third kappa shape index (κ3) is 1.12. The molecule has 0 spiro atoms. The number of hydrogen-bond donors (Lipinski definition) is 1. The fourth-order valence-electron chi connectivity index (χ4n) is 0.874. The van der Waals surface area contributed by atoms with Gasteiger partial charge in [-0.1, -0.05) is 6.08 Å². The van der Waals surface area contributed by atoms with Gasteiger partial charge in [0.25, 0.3) is 0 Å². The monoisotopic (exact) mass is 127 g/mol. The van der Waals surface area contributed by atoms with Crippen molar-refractivity contribution in [3.63, 3.8) is 0 Å². The van der Waals surface area contributed by atoms with Crippen LogP contribution in [0.1, 0.15) is 19.8 Å². The van der Waals surface area contributed by atoms with E-state index in [1.807, 2.05) is 13.0 Å². The second-order valence-corrected chi connectivity index (χ2v) is 2.24. The number of rotatable bonds is 0. The highest BCUT2D eigenvalue weighted by Gasteiger charge is 2.07. The van der Waals surface area contributed by atoms with Crippen LogP contribution in [0.15, 0.2) is 23.2 Å². The molecule has 0 atom stereocenters. The van der Waals surface area contributed by atoms with Gasteiger partial charge in [0.15, 0.2) is 0 Å². The Labute approximate surface area is 54.0 Å². The summed E-state index contributed by atoms with van der Waals surface area (Å²) in [6.07, 6.45) is 3.22. The molecule has 9 heavy (non-hydrogen) atoms. The van der Waals surface area contributed by atoms with Crippen LogP contribution in [0.2, 0.25) is 0 Å². The van der Waals surface area contributed by atoms with Gasteiger partial charge >= 0.3 is 0 Å². The topological polar surface area (TPSA) is 26.0 Å². The van der Waals surface area contributed by atoms with Gasteiger partial charge < -0.3 is 5.73 Å². The molecule has 2 N–H and O–H groups in total. The van der Waals surface area contributed by atoms with Gasteiger partial charge in [-0.2, -0.15) is 0 Å². The van der Waals surface area contributed by atoms with Gasteiger partial charge in [-0.25, -0.2) is 4.39 Å². The van der Waals surface area contributed by atoms with E-state index >= 15 is 0 Å². The summed E-state index contributed by atoms with van der Waals surface area (Å²) in [5, 5.41) is 0. The molecule has 0 radical (unpaired) electrons. The largest absolute Gasteiger partial charge is 0.396 e. The van der Waals surface area contributed by atoms with Crippen molar-refractivity contribution in [2.24, 2.45) is 5.73 Å². The highest BCUT2D eigenvalue weighted by atomic mass is 19.1. The summed E-state index contributed by atoms with van der Waals surface area (Å²) in [5.74, 6) is -0.157. The Morgan fingerprint density at radius 1 is 1.67 bits per heavy atom. The molecular formula is C7H10FN. The van der Waals surface area contributed by atoms with E-state index in [4.69, 9.17) is 5.73 Å². The third-order valence-electron chi connectivity index (χ3n) is 1.53. The normalized spacial score (nSPS) is 20.0. The van der Waals surface area contributed by atoms with E-state index in [1.54, 1.807) is 0 Å². The van der Waals surface area contributed by atoms with Crippen molar-refractivity contribution in [2.45, 2.75) is 19.8 Å². The van der Waals surface area contributed by atoms with Gasteiger partial charge in [0.2, 0.25) is 0 Å². The predicted molar refractivity (Wildman–Crippen MR) is 35.3 cm³/mol. The number of halogens is 1. The molecule has 50 valence electrons. The van der Waals surface area contributed by atoms with E-state index in [0.717, 1.165) is 12.0 Å². The molecule has 1 aliphatic rings. The van der Waals surface area contributed by atoms with Crippen molar-refractivity contribution in [2.75, 3.05) is 0 Å². The average Bonchev–Trinajstić information content (AvgIpc) is 1.83. The molecule has 0 heterocycles. The Morgan fingerprint density at radius 3 is 2.78 bits per heavy atom. The van der Waals surface area contributed by atoms with E-state index in [9.17, 15) is 4.39 Å². The summed E-state index contributed by atoms with van der Waals surface area (Å²) in [7, 11) is 0. The average molecular weight is 127 g/mol. The molecule has 0 unspecified atom stereocenters. The lowest BCUT2D eigenvalue weighted by atomic mass is 10.0. The van der Waals surface area contributed by atoms with Crippen LogP contribution in [0, 0.1) is 0 Å². The van der Waals surface area contributed by atoms with Gasteiger partial charge in [-0.05, 0) is 18.9 Å². The minimum absolute atomic E-state index is 0.157. The molecule has 0 fully saturated rings. The molecular weight excluding hydrogens is 117 g/mol. The lowest BCUT2D eigenvalue weighted by molar-refractivity contribution is 0.572. The first-order valence-electron chi connectivity index (χ1n) is 3.03. The highest BCUT2D eigenvalue weighted by molar-refractivity contribution is 5.31. The number of allylic oxidation sites excluding steroid dienone is 3. The molecule has 1 rings (SSSR count). The van der Waals surface area contributed by atoms with Gasteiger partial charge in [0.1, 0.15) is 5.83 Å². The van der Waals surface area contributed by atoms with Crippen molar-refractivity contribution in [1.82, 2.24) is 0 Å². The van der Waals surface area contributed by atoms with Gasteiger partial charge in [-0.15, -0.1) is 0 Å². The molecule has 0 amide bonds. The summed E-state index contributed by atoms with van der Waals surface area (Å²) in [6.45, 7) is 1.83. The van der Waals surface area contributed by atoms with Crippen molar-refractivity contribution in [3.8, 4) is 0 Å². The van der Waals surface area contributed by atoms with Crippen LogP contribution in [-0.2, 0) is 0 Å². The Morgan fingerprint density at radius 2 is 2.33 bits per heavy atom. The van der Waals surface area contributed by atoms with E-state index in [-0.39, 0.29) is 5.83 Å². The summed E-state index contributed by atoms with van der Waals surface area (Å²) >= 11 is 0. The molecule has 2 heteroatoms. The van der Waals surface area contributed by atoms with Crippen LogP contribution < -0.4 is 5.73 Å². The van der Waals surface area contributed by atoms with E-state index < -0.39 is 0 Å². The first kappa shape index (κ1) is 6.33. The van der Waals surface area contributed by atoms with Gasteiger partial charge in [-0.3, -0.25) is 0 Å². The molecule has 0 saturated heterocycles. The Hall–Kier alpha value is -0.790. The second-order valence-electron chi connectivity index (χ2n) is 2.24. The van der Waals surface area contributed by atoms with Crippen LogP contribution in [0.25, 0.3) is 0 Å². The predicted octanol–water partition coefficient (Wildman–Crippen LogP) is 1.87. The maximum Gasteiger partial charge on any atom is 0.123 e. The minimum Gasteiger partial charge on any atom is -0.396 e. The van der Waals surface area contributed by atoms with Crippen LogP contribution in [0.4, 0.5) is 4.39 Å². The van der Waals surface area contributed by atoms with Crippen molar-refractivity contribution in [3.05, 3.63) is 23.2 Å². The molecule has 0 bridgehead atoms. The Kier molecular flexibility index (Phi) is 1.56. The maximum absolute atomic E-state index is 12.5. The molecule has 1 aliphatic carbocycles. The zero-order chi connectivity index (χ0) is 6.85. The van der Waals surface area contributed by atoms with Crippen LogP contribution in [0.3, 0.4) is 0 Å². The quantitative estimate of drug-likeness (QED) is 0.528. The SMILES string of the molecule is CC1=CCCC(F)=C1N. The van der Waals surface area contributed by atoms with Crippen molar-refractivity contribution < 1.29 is 4.39 Å². The molecule has 0 aromatic rings. The fraction of sp³-hybridized carbons (Fsp3) is 0.429. The van der Waals surface area contributed by atoms with Crippen LogP contribution in [0.5, 0.6) is 0 Å². The van der Waals surface area contributed by atoms with E-state index in [1.165, 1.54) is 0 Å². The lowest BCUT2D eigenvalue weighted by Gasteiger charge is -2.08. The van der Waals surface area contributed by atoms with Crippen LogP contribution >= 0.6 is 0 Å². The smallest absolute Gasteiger partial charge is 0.123 e. The Bertz CT molecular complexity index is 179. The zero-order valence-electron chi connectivity index (χ0n) is 5.45. The number of hydrogen-bond acceptors (Lipinski definition) is 1. The summed E-state index contributed by atoms with van der Waals surface area (Å²) < 4.78 is 12.5. The summed E-state index contributed by atoms with van der Waals surface area (Å²) in [4.78, 5) is 0. The first-order valence-corrected chi connectivity index (χ1v) is 3.03. The molecule has 0 saturated carbocycles. The number of nitrogens with two attached hydrogens (primary N) is 1. The summed E-state index contributed by atoms with van der Waals surface area (Å²) in [5.41, 5.74) is 6.57. The zero-order valence-corrected chi connectivity index (χ0v) is 5.45. The molecule has 0 aromatic carbocycles. The van der Waals surface area contributed by atoms with E-state index in [0.29, 0.717) is 12.1 Å². The maximum atomic E-state index is 12.5. The lowest BCUT2D eigenvalue weighted by Crippen LogP contribution is -2.04. The molecule has 0 aliphatic heterocycles. The van der Waals surface area contributed by atoms with E-state index in [2.05, 4.69) is 0 Å².